The molecule has 2 aromatic rings. The number of hydrogen-bond acceptors (Lipinski definition) is 4. The van der Waals surface area contributed by atoms with E-state index < -0.39 is 0 Å². The number of nitrogens with zero attached hydrogens (tertiary/aromatic N) is 1. The second kappa shape index (κ2) is 7.23. The van der Waals surface area contributed by atoms with Crippen LogP contribution >= 0.6 is 27.7 Å². The molecule has 6 heteroatoms. The van der Waals surface area contributed by atoms with E-state index in [4.69, 9.17) is 4.74 Å². The number of carbonyl (C=O) groups is 2. The molecule has 0 aromatic heterocycles. The zero-order valence-electron chi connectivity index (χ0n) is 12.9. The maximum Gasteiger partial charge on any atom is 0.293 e. The van der Waals surface area contributed by atoms with Gasteiger partial charge in [0.25, 0.3) is 11.1 Å². The summed E-state index contributed by atoms with van der Waals surface area (Å²) in [5.41, 5.74) is 1.74. The molecular formula is C18H14BrNO3S. The van der Waals surface area contributed by atoms with Gasteiger partial charge >= 0.3 is 0 Å². The highest BCUT2D eigenvalue weighted by Gasteiger charge is 2.35. The molecule has 0 unspecified atom stereocenters. The predicted octanol–water partition coefficient (Wildman–Crippen LogP) is 4.69. The highest BCUT2D eigenvalue weighted by Crippen LogP contribution is 2.34. The van der Waals surface area contributed by atoms with Crippen molar-refractivity contribution >= 4 is 44.9 Å². The molecule has 1 fully saturated rings. The Hall–Kier alpha value is -2.05. The number of hydrogen-bond donors (Lipinski definition) is 0. The molecule has 0 spiro atoms. The van der Waals surface area contributed by atoms with Crippen LogP contribution in [0.4, 0.5) is 4.79 Å². The number of carbonyl (C=O) groups excluding carboxylic acids is 2. The lowest BCUT2D eigenvalue weighted by Crippen LogP contribution is -2.27. The largest absolute Gasteiger partial charge is 0.497 e. The zero-order chi connectivity index (χ0) is 17.1. The molecule has 1 aliphatic rings. The Bertz CT molecular complexity index is 817. The van der Waals surface area contributed by atoms with Crippen molar-refractivity contribution in [2.45, 2.75) is 6.54 Å². The maximum atomic E-state index is 12.5. The minimum absolute atomic E-state index is 0.254. The van der Waals surface area contributed by atoms with E-state index >= 15 is 0 Å². The molecule has 3 rings (SSSR count). The van der Waals surface area contributed by atoms with Gasteiger partial charge in [0.1, 0.15) is 5.75 Å². The quantitative estimate of drug-likeness (QED) is 0.694. The van der Waals surface area contributed by atoms with Crippen molar-refractivity contribution in [3.05, 3.63) is 69.0 Å². The molecule has 24 heavy (non-hydrogen) atoms. The van der Waals surface area contributed by atoms with Gasteiger partial charge in [-0.05, 0) is 47.2 Å². The van der Waals surface area contributed by atoms with E-state index in [1.165, 1.54) is 4.90 Å². The number of ether oxygens (including phenoxy) is 1. The molecular weight excluding hydrogens is 390 g/mol. The minimum Gasteiger partial charge on any atom is -0.497 e. The van der Waals surface area contributed by atoms with Crippen molar-refractivity contribution < 1.29 is 14.3 Å². The summed E-state index contributed by atoms with van der Waals surface area (Å²) in [4.78, 5) is 26.4. The van der Waals surface area contributed by atoms with E-state index in [1.807, 2.05) is 48.5 Å². The molecule has 1 aliphatic heterocycles. The van der Waals surface area contributed by atoms with Crippen molar-refractivity contribution in [1.82, 2.24) is 4.90 Å². The average molecular weight is 404 g/mol. The van der Waals surface area contributed by atoms with Gasteiger partial charge in [0.2, 0.25) is 0 Å². The Morgan fingerprint density at radius 3 is 2.50 bits per heavy atom. The van der Waals surface area contributed by atoms with Crippen LogP contribution in [-0.4, -0.2) is 23.2 Å². The van der Waals surface area contributed by atoms with Crippen molar-refractivity contribution in [1.29, 1.82) is 0 Å². The molecule has 122 valence electrons. The third-order valence-electron chi connectivity index (χ3n) is 3.57. The number of amides is 2. The molecule has 0 radical (unpaired) electrons. The molecule has 0 atom stereocenters. The Morgan fingerprint density at radius 2 is 1.83 bits per heavy atom. The second-order valence-electron chi connectivity index (χ2n) is 5.13. The van der Waals surface area contributed by atoms with Gasteiger partial charge in [-0.1, -0.05) is 46.3 Å². The summed E-state index contributed by atoms with van der Waals surface area (Å²) in [6, 6.07) is 14.9. The minimum atomic E-state index is -0.267. The van der Waals surface area contributed by atoms with E-state index in [9.17, 15) is 9.59 Å². The summed E-state index contributed by atoms with van der Waals surface area (Å²) in [5.74, 6) is 0.478. The van der Waals surface area contributed by atoms with Crippen LogP contribution in [0, 0.1) is 0 Å². The number of imide groups is 1. The molecule has 2 aromatic carbocycles. The Morgan fingerprint density at radius 1 is 1.12 bits per heavy atom. The van der Waals surface area contributed by atoms with E-state index in [1.54, 1.807) is 13.2 Å². The third-order valence-corrected chi connectivity index (χ3v) is 5.25. The summed E-state index contributed by atoms with van der Waals surface area (Å²) >= 11 is 4.41. The maximum absolute atomic E-state index is 12.5. The van der Waals surface area contributed by atoms with Crippen LogP contribution in [0.2, 0.25) is 0 Å². The lowest BCUT2D eigenvalue weighted by molar-refractivity contribution is -0.123. The van der Waals surface area contributed by atoms with Gasteiger partial charge in [-0.3, -0.25) is 14.5 Å². The van der Waals surface area contributed by atoms with E-state index in [-0.39, 0.29) is 17.7 Å². The molecule has 4 nitrogen and oxygen atoms in total. The van der Waals surface area contributed by atoms with Gasteiger partial charge in [-0.15, -0.1) is 0 Å². The topological polar surface area (TPSA) is 46.6 Å². The Balaban J connectivity index is 1.80. The smallest absolute Gasteiger partial charge is 0.293 e. The number of benzene rings is 2. The van der Waals surface area contributed by atoms with Gasteiger partial charge < -0.3 is 4.74 Å². The summed E-state index contributed by atoms with van der Waals surface area (Å²) in [6.07, 6.45) is 1.73. The van der Waals surface area contributed by atoms with Crippen LogP contribution in [-0.2, 0) is 11.3 Å². The lowest BCUT2D eigenvalue weighted by Gasteiger charge is -2.13. The fourth-order valence-electron chi connectivity index (χ4n) is 2.28. The number of methoxy groups -OCH3 is 1. The van der Waals surface area contributed by atoms with Crippen molar-refractivity contribution in [2.75, 3.05) is 7.11 Å². The van der Waals surface area contributed by atoms with Gasteiger partial charge in [0.05, 0.1) is 18.6 Å². The van der Waals surface area contributed by atoms with Crippen LogP contribution in [0.5, 0.6) is 5.75 Å². The van der Waals surface area contributed by atoms with Crippen LogP contribution in [0.25, 0.3) is 6.08 Å². The monoisotopic (exact) mass is 403 g/mol. The fraction of sp³-hybridized carbons (Fsp3) is 0.111. The standard InChI is InChI=1S/C18H14BrNO3S/c1-23-14-8-6-12(7-9-14)10-16-17(21)20(18(22)24-16)11-13-4-2-3-5-15(13)19/h2-10H,11H2,1H3/b16-10-. The molecule has 2 amide bonds. The zero-order valence-corrected chi connectivity index (χ0v) is 15.3. The Kier molecular flexibility index (Phi) is 5.06. The van der Waals surface area contributed by atoms with Crippen molar-refractivity contribution in [3.8, 4) is 5.75 Å². The SMILES string of the molecule is COc1ccc(/C=C2\SC(=O)N(Cc3ccccc3Br)C2=O)cc1. The normalized spacial score (nSPS) is 16.1. The van der Waals surface area contributed by atoms with Crippen LogP contribution in [0.3, 0.4) is 0 Å². The fourth-order valence-corrected chi connectivity index (χ4v) is 3.53. The van der Waals surface area contributed by atoms with Crippen LogP contribution in [0.15, 0.2) is 57.9 Å². The lowest BCUT2D eigenvalue weighted by atomic mass is 10.2. The summed E-state index contributed by atoms with van der Waals surface area (Å²) in [7, 11) is 1.60. The van der Waals surface area contributed by atoms with Crippen molar-refractivity contribution in [3.63, 3.8) is 0 Å². The molecule has 0 bridgehead atoms. The number of halogens is 1. The number of rotatable bonds is 4. The first-order valence-corrected chi connectivity index (χ1v) is 8.82. The van der Waals surface area contributed by atoms with Gasteiger partial charge in [-0.2, -0.15) is 0 Å². The van der Waals surface area contributed by atoms with E-state index in [0.29, 0.717) is 4.91 Å². The molecule has 0 saturated carbocycles. The summed E-state index contributed by atoms with van der Waals surface area (Å²) < 4.78 is 5.99. The van der Waals surface area contributed by atoms with Crippen LogP contribution in [0.1, 0.15) is 11.1 Å². The second-order valence-corrected chi connectivity index (χ2v) is 6.98. The first-order chi connectivity index (χ1) is 11.6. The third kappa shape index (κ3) is 3.55. The average Bonchev–Trinajstić information content (AvgIpc) is 2.85. The first-order valence-electron chi connectivity index (χ1n) is 7.21. The summed E-state index contributed by atoms with van der Waals surface area (Å²) in [5, 5.41) is -0.254. The molecule has 1 saturated heterocycles. The van der Waals surface area contributed by atoms with E-state index in [2.05, 4.69) is 15.9 Å². The van der Waals surface area contributed by atoms with Crippen molar-refractivity contribution in [2.24, 2.45) is 0 Å². The highest BCUT2D eigenvalue weighted by atomic mass is 79.9. The highest BCUT2D eigenvalue weighted by molar-refractivity contribution is 9.10. The molecule has 1 heterocycles. The van der Waals surface area contributed by atoms with Gasteiger partial charge in [0.15, 0.2) is 0 Å². The first kappa shape index (κ1) is 16.8. The molecule has 0 aliphatic carbocycles. The Labute approximate surface area is 152 Å². The summed E-state index contributed by atoms with van der Waals surface area (Å²) in [6.45, 7) is 0.256. The number of thioether (sulfide) groups is 1. The molecule has 0 N–H and O–H groups in total. The van der Waals surface area contributed by atoms with Crippen LogP contribution < -0.4 is 4.74 Å². The van der Waals surface area contributed by atoms with Gasteiger partial charge in [0, 0.05) is 4.47 Å². The predicted molar refractivity (Wildman–Crippen MR) is 98.7 cm³/mol. The van der Waals surface area contributed by atoms with Gasteiger partial charge in [-0.25, -0.2) is 0 Å². The van der Waals surface area contributed by atoms with E-state index in [0.717, 1.165) is 33.1 Å².